The smallest absolute Gasteiger partial charge is 0.344 e. The van der Waals surface area contributed by atoms with Gasteiger partial charge >= 0.3 is 53.7 Å². The van der Waals surface area contributed by atoms with Crippen LogP contribution in [0.5, 0.6) is 178 Å². The molecule has 0 saturated carbocycles. The maximum Gasteiger partial charge on any atom is 0.344 e. The van der Waals surface area contributed by atoms with E-state index in [4.69, 9.17) is 66.6 Å². The standard InChI is InChI=1S/C83H68O52/c1-25(135-125-21-26-2-36(84)58(102)37(85)3-26)82(128-56(23-123-74(114)28-6-40(88)60(104)41(89)7-28)55(127-76(116)30-10-44(92)62(106)45(93)11-30)22-122-73(113)27-4-38(86)59(103)39(87)5-27)134-81(121)35-20-53(101)67(111)68(112)69(35)126-54-19-34(18-52(100)66(54)110)80(120)133-83-72(132-79(119)33-16-50(98)65(109)51(99)17-33)71(131-78(118)32-14-48(96)64(108)49(97)15-32)70(130-77(117)31-12-46(94)63(107)47(95)13-31)57(129-83)24-124-75(115)29-8-42(90)61(105)43(91)9-29/h2-20,25,55-57,70-72,82-112H,21-24H2,1H3/t25?,55-,56?,57?,70+,71?,72?,82-,83-/m0/s1. The van der Waals surface area contributed by atoms with Crippen LogP contribution in [0.2, 0.25) is 0 Å². The molecule has 52 nitrogen and oxygen atoms in total. The van der Waals surface area contributed by atoms with Crippen LogP contribution < -0.4 is 4.74 Å². The first-order valence-corrected chi connectivity index (χ1v) is 37.4. The van der Waals surface area contributed by atoms with Gasteiger partial charge in [-0.3, -0.25) is 0 Å². The summed E-state index contributed by atoms with van der Waals surface area (Å²) in [5, 5.41) is 305. The fourth-order valence-electron chi connectivity index (χ4n) is 12.0. The number of carbonyl (C=O) groups excluding carboxylic acids is 9. The molecule has 135 heavy (non-hydrogen) atoms. The van der Waals surface area contributed by atoms with Crippen LogP contribution >= 0.6 is 0 Å². The predicted octanol–water partition coefficient (Wildman–Crippen LogP) is 4.70. The molecular weight excluding hydrogens is 1830 g/mol. The first-order chi connectivity index (χ1) is 63.5. The normalized spacial score (nSPS) is 15.4. The molecule has 0 radical (unpaired) electrons. The number of ether oxygens (including phenoxy) is 12. The Morgan fingerprint density at radius 1 is 0.296 bits per heavy atom. The van der Waals surface area contributed by atoms with Crippen molar-refractivity contribution in [3.05, 3.63) is 171 Å². The molecule has 0 aromatic heterocycles. The van der Waals surface area contributed by atoms with Crippen LogP contribution in [0.25, 0.3) is 0 Å². The quantitative estimate of drug-likeness (QED) is 0.00699. The van der Waals surface area contributed by atoms with E-state index in [1.807, 2.05) is 0 Å². The summed E-state index contributed by atoms with van der Waals surface area (Å²) >= 11 is 0. The zero-order valence-corrected chi connectivity index (χ0v) is 67.4. The predicted molar refractivity (Wildman–Crippen MR) is 424 cm³/mol. The summed E-state index contributed by atoms with van der Waals surface area (Å²) in [5.41, 5.74) is -9.43. The molecule has 712 valence electrons. The molecule has 1 aliphatic heterocycles. The van der Waals surface area contributed by atoms with Gasteiger partial charge in [0.1, 0.15) is 44.2 Å². The summed E-state index contributed by atoms with van der Waals surface area (Å²) < 4.78 is 68.0. The number of esters is 9. The van der Waals surface area contributed by atoms with Crippen molar-refractivity contribution < 1.29 is 258 Å². The molecule has 52 heteroatoms. The lowest BCUT2D eigenvalue weighted by Gasteiger charge is -2.43. The molecule has 11 rings (SSSR count). The molecule has 1 aliphatic rings. The Morgan fingerprint density at radius 2 is 0.600 bits per heavy atom. The van der Waals surface area contributed by atoms with Crippen molar-refractivity contribution in [2.75, 3.05) is 19.8 Å². The van der Waals surface area contributed by atoms with Gasteiger partial charge in [0.25, 0.3) is 0 Å². The Kier molecular flexibility index (Phi) is 28.3. The van der Waals surface area contributed by atoms with Crippen LogP contribution in [-0.4, -0.2) is 277 Å². The molecule has 0 amide bonds. The van der Waals surface area contributed by atoms with Gasteiger partial charge in [-0.15, -0.1) is 0 Å². The summed E-state index contributed by atoms with van der Waals surface area (Å²) in [5.74, 6) is -56.4. The fraction of sp³-hybridized carbons (Fsp3) is 0.169. The third-order valence-electron chi connectivity index (χ3n) is 18.9. The first-order valence-electron chi connectivity index (χ1n) is 37.4. The van der Waals surface area contributed by atoms with Crippen molar-refractivity contribution in [3.8, 4) is 178 Å². The molecule has 9 atom stereocenters. The molecule has 5 unspecified atom stereocenters. The average molecular weight is 1900 g/mol. The lowest BCUT2D eigenvalue weighted by atomic mass is 9.97. The molecule has 10 aromatic carbocycles. The van der Waals surface area contributed by atoms with E-state index in [-0.39, 0.29) is 23.8 Å². The Morgan fingerprint density at radius 3 is 0.985 bits per heavy atom. The van der Waals surface area contributed by atoms with E-state index in [9.17, 15) is 182 Å². The number of phenolic OH excluding ortho intramolecular Hbond substituents is 29. The van der Waals surface area contributed by atoms with Crippen LogP contribution in [0.1, 0.15) is 106 Å². The number of hydrogen-bond donors (Lipinski definition) is 29. The van der Waals surface area contributed by atoms with E-state index in [0.29, 0.717) is 84.9 Å². The van der Waals surface area contributed by atoms with Gasteiger partial charge in [0.15, 0.2) is 185 Å². The summed E-state index contributed by atoms with van der Waals surface area (Å²) in [7, 11) is 0. The zero-order valence-electron chi connectivity index (χ0n) is 67.4. The summed E-state index contributed by atoms with van der Waals surface area (Å²) in [4.78, 5) is 141. The number of aromatic hydroxyl groups is 29. The summed E-state index contributed by atoms with van der Waals surface area (Å²) in [6, 6.07) is 8.73. The minimum atomic E-state index is -2.99. The molecule has 0 bridgehead atoms. The van der Waals surface area contributed by atoms with Crippen LogP contribution in [0.4, 0.5) is 0 Å². The number of rotatable bonds is 31. The van der Waals surface area contributed by atoms with Crippen LogP contribution in [-0.2, 0) is 68.5 Å². The first kappa shape index (κ1) is 96.9. The lowest BCUT2D eigenvalue weighted by molar-refractivity contribution is -0.367. The van der Waals surface area contributed by atoms with E-state index in [2.05, 4.69) is 0 Å². The van der Waals surface area contributed by atoms with Gasteiger partial charge in [0.2, 0.25) is 35.9 Å². The topological polar surface area (TPSA) is 870 Å². The van der Waals surface area contributed by atoms with Crippen molar-refractivity contribution in [1.29, 1.82) is 0 Å². The van der Waals surface area contributed by atoms with Crippen LogP contribution in [0.15, 0.2) is 115 Å². The second kappa shape index (κ2) is 39.5. The lowest BCUT2D eigenvalue weighted by Crippen LogP contribution is -2.63. The number of hydrogen-bond acceptors (Lipinski definition) is 52. The van der Waals surface area contributed by atoms with Gasteiger partial charge in [-0.05, 0) is 122 Å². The monoisotopic (exact) mass is 1900 g/mol. The van der Waals surface area contributed by atoms with Gasteiger partial charge in [-0.25, -0.2) is 52.9 Å². The highest BCUT2D eigenvalue weighted by atomic mass is 17.2. The van der Waals surface area contributed by atoms with E-state index >= 15 is 9.59 Å². The third kappa shape index (κ3) is 21.5. The Labute approximate surface area is 746 Å². The van der Waals surface area contributed by atoms with E-state index in [1.165, 1.54) is 0 Å². The van der Waals surface area contributed by atoms with Gasteiger partial charge < -0.3 is 205 Å². The van der Waals surface area contributed by atoms with E-state index in [1.54, 1.807) is 0 Å². The second-order valence-corrected chi connectivity index (χ2v) is 28.2. The largest absolute Gasteiger partial charge is 0.504 e. The van der Waals surface area contributed by atoms with E-state index < -0.39 is 364 Å². The molecule has 1 fully saturated rings. The maximum atomic E-state index is 15.3. The summed E-state index contributed by atoms with van der Waals surface area (Å²) in [6.45, 7) is -4.65. The van der Waals surface area contributed by atoms with Crippen molar-refractivity contribution in [1.82, 2.24) is 0 Å². The van der Waals surface area contributed by atoms with Crippen molar-refractivity contribution >= 4 is 53.7 Å². The van der Waals surface area contributed by atoms with Gasteiger partial charge in [0.05, 0.1) is 44.5 Å². The Bertz CT molecular complexity index is 6210. The number of benzene rings is 10. The molecule has 1 heterocycles. The molecule has 0 aliphatic carbocycles. The maximum absolute atomic E-state index is 15.3. The van der Waals surface area contributed by atoms with Crippen molar-refractivity contribution in [2.24, 2.45) is 0 Å². The van der Waals surface area contributed by atoms with Gasteiger partial charge in [-0.1, -0.05) is 0 Å². The molecule has 1 saturated heterocycles. The highest BCUT2D eigenvalue weighted by molar-refractivity contribution is 5.98. The van der Waals surface area contributed by atoms with Gasteiger partial charge in [0, 0.05) is 6.07 Å². The van der Waals surface area contributed by atoms with Crippen molar-refractivity contribution in [3.63, 3.8) is 0 Å². The zero-order chi connectivity index (χ0) is 99.2. The number of carbonyl (C=O) groups is 9. The van der Waals surface area contributed by atoms with Crippen molar-refractivity contribution in [2.45, 2.75) is 68.8 Å². The Balaban J connectivity index is 1.02. The molecular formula is C83H68O52. The average Bonchev–Trinajstić information content (AvgIpc) is 0.765. The summed E-state index contributed by atoms with van der Waals surface area (Å²) in [6.07, 6.45) is -24.1. The second-order valence-electron chi connectivity index (χ2n) is 28.2. The highest BCUT2D eigenvalue weighted by Crippen LogP contribution is 2.51. The van der Waals surface area contributed by atoms with Gasteiger partial charge in [-0.2, -0.15) is 0 Å². The third-order valence-corrected chi connectivity index (χ3v) is 18.9. The fourth-order valence-corrected chi connectivity index (χ4v) is 12.0. The molecule has 10 aromatic rings. The minimum Gasteiger partial charge on any atom is -0.504 e. The molecule has 0 spiro atoms. The van der Waals surface area contributed by atoms with E-state index in [0.717, 1.165) is 19.1 Å². The minimum absolute atomic E-state index is 0.173. The Hall–Kier alpha value is -18.7. The van der Waals surface area contributed by atoms with Crippen LogP contribution in [0, 0.1) is 0 Å². The number of phenols is 29. The molecule has 29 N–H and O–H groups in total. The SMILES string of the molecule is CC(OOCc1cc(O)c(O)c(O)c1)[C@H](OC(=O)c1cc(O)c(O)c(O)c1Oc1cc(C(=O)O[C@@H]2OC(COC(=O)c3cc(O)c(O)c(O)c3)[C@@H](OC(=O)c3cc(O)c(O)c(O)c3)C(OC(=O)c3cc(O)c(O)c(O)c3)C2OC(=O)c2cc(O)c(O)c(O)c2)cc(O)c1O)OC(COC(=O)c1cc(O)c(O)c(O)c1)[C@H](COC(=O)c1cc(O)c(O)c(O)c1)OC(=O)c1cc(O)c(O)c(O)c1. The highest BCUT2D eigenvalue weighted by Gasteiger charge is 2.55. The van der Waals surface area contributed by atoms with Crippen LogP contribution in [0.3, 0.4) is 0 Å².